The molecule has 0 aliphatic carbocycles. The van der Waals surface area contributed by atoms with Crippen molar-refractivity contribution in [1.29, 1.82) is 0 Å². The van der Waals surface area contributed by atoms with Crippen LogP contribution in [0.3, 0.4) is 0 Å². The van der Waals surface area contributed by atoms with Gasteiger partial charge in [-0.1, -0.05) is 6.07 Å². The Morgan fingerprint density at radius 3 is 2.44 bits per heavy atom. The van der Waals surface area contributed by atoms with Crippen molar-refractivity contribution < 1.29 is 18.2 Å². The van der Waals surface area contributed by atoms with E-state index in [0.29, 0.717) is 5.39 Å². The van der Waals surface area contributed by atoms with E-state index in [4.69, 9.17) is 0 Å². The molecule has 3 N–H and O–H groups in total. The fraction of sp³-hybridized carbons (Fsp3) is 0. The van der Waals surface area contributed by atoms with Crippen molar-refractivity contribution in [2.45, 2.75) is 4.90 Å². The lowest BCUT2D eigenvalue weighted by Gasteiger charge is -2.00. The average Bonchev–Trinajstić information content (AvgIpc) is 2.28. The maximum atomic E-state index is 11.3. The number of phenolic OH excluding ortho intramolecular Hbond substituents is 1. The van der Waals surface area contributed by atoms with E-state index >= 15 is 0 Å². The molecule has 2 aromatic carbocycles. The minimum absolute atomic E-state index is 0.0202. The Labute approximate surface area is 92.9 Å². The molecule has 2 aromatic rings. The van der Waals surface area contributed by atoms with Gasteiger partial charge in [0.25, 0.3) is 0 Å². The molecule has 0 amide bonds. The summed E-state index contributed by atoms with van der Waals surface area (Å²) in [4.78, 5) is -0.0202. The predicted octanol–water partition coefficient (Wildman–Crippen LogP) is 1.55. The normalized spacial score (nSPS) is 14.9. The molecule has 0 spiro atoms. The second-order valence-corrected chi connectivity index (χ2v) is 4.82. The maximum Gasteiger partial charge on any atom is 0.447 e. The van der Waals surface area contributed by atoms with Gasteiger partial charge in [-0.15, -0.1) is 0 Å². The monoisotopic (exact) mass is 239 g/mol. The standard InChI is InChI=1S/C10H9NO4S/c11-15-16(13,14)10-4-2-7-5-9(12)3-1-8(7)6-10/h1-6,12H,11H2/q+1. The van der Waals surface area contributed by atoms with Crippen molar-refractivity contribution in [2.24, 2.45) is 5.90 Å². The highest BCUT2D eigenvalue weighted by atomic mass is 32.3. The molecule has 0 aliphatic rings. The Balaban J connectivity index is 2.61. The van der Waals surface area contributed by atoms with Gasteiger partial charge in [0.15, 0.2) is 0 Å². The molecule has 1 atom stereocenters. The van der Waals surface area contributed by atoms with Crippen LogP contribution in [0.5, 0.6) is 5.75 Å². The second kappa shape index (κ2) is 3.84. The molecule has 5 nitrogen and oxygen atoms in total. The van der Waals surface area contributed by atoms with Crippen LogP contribution in [0, 0.1) is 0 Å². The van der Waals surface area contributed by atoms with Crippen LogP contribution in [0.25, 0.3) is 10.8 Å². The van der Waals surface area contributed by atoms with E-state index in [-0.39, 0.29) is 10.6 Å². The number of aromatic hydroxyl groups is 1. The van der Waals surface area contributed by atoms with Gasteiger partial charge < -0.3 is 5.11 Å². The van der Waals surface area contributed by atoms with E-state index in [9.17, 15) is 13.9 Å². The van der Waals surface area contributed by atoms with Crippen molar-refractivity contribution in [3.05, 3.63) is 36.4 Å². The van der Waals surface area contributed by atoms with Gasteiger partial charge in [0.1, 0.15) is 5.75 Å². The zero-order valence-corrected chi connectivity index (χ0v) is 8.94. The van der Waals surface area contributed by atoms with Crippen LogP contribution in [-0.4, -0.2) is 5.11 Å². The first-order chi connectivity index (χ1) is 7.53. The zero-order valence-electron chi connectivity index (χ0n) is 8.12. The summed E-state index contributed by atoms with van der Waals surface area (Å²) in [7, 11) is -3.88. The van der Waals surface area contributed by atoms with E-state index < -0.39 is 10.5 Å². The van der Waals surface area contributed by atoms with Crippen LogP contribution in [0.1, 0.15) is 0 Å². The van der Waals surface area contributed by atoms with Crippen molar-refractivity contribution in [3.8, 4) is 5.75 Å². The first-order valence-corrected chi connectivity index (χ1v) is 5.80. The highest BCUT2D eigenvalue weighted by Gasteiger charge is 2.34. The topological polar surface area (TPSA) is 92.5 Å². The van der Waals surface area contributed by atoms with Crippen LogP contribution in [0.4, 0.5) is 0 Å². The molecule has 1 unspecified atom stereocenters. The summed E-state index contributed by atoms with van der Waals surface area (Å²) in [6, 6.07) is 8.99. The highest BCUT2D eigenvalue weighted by Crippen LogP contribution is 2.25. The van der Waals surface area contributed by atoms with Gasteiger partial charge in [0, 0.05) is 12.1 Å². The number of benzene rings is 2. The number of hydrogen-bond donors (Lipinski definition) is 2. The summed E-state index contributed by atoms with van der Waals surface area (Å²) >= 11 is 0. The Kier molecular flexibility index (Phi) is 2.64. The third kappa shape index (κ3) is 1.91. The number of rotatable bonds is 2. The SMILES string of the molecule is NO[S+]([O])(=O)c1ccc2cc(O)ccc2c1. The first kappa shape index (κ1) is 11.0. The summed E-state index contributed by atoms with van der Waals surface area (Å²) in [6.07, 6.45) is 0. The number of nitrogens with two attached hydrogens (primary N) is 1. The van der Waals surface area contributed by atoms with Crippen LogP contribution in [-0.2, 0) is 23.5 Å². The van der Waals surface area contributed by atoms with Gasteiger partial charge in [-0.25, -0.2) is 0 Å². The molecular formula is C10H9NO4S+. The lowest BCUT2D eigenvalue weighted by molar-refractivity contribution is 0.261. The molecule has 0 fully saturated rings. The Morgan fingerprint density at radius 2 is 1.75 bits per heavy atom. The van der Waals surface area contributed by atoms with E-state index in [2.05, 4.69) is 10.2 Å². The summed E-state index contributed by atoms with van der Waals surface area (Å²) in [6.45, 7) is 0. The molecule has 0 heterocycles. The van der Waals surface area contributed by atoms with Crippen LogP contribution in [0.2, 0.25) is 0 Å². The fourth-order valence-corrected chi connectivity index (χ4v) is 2.04. The molecule has 0 saturated carbocycles. The minimum atomic E-state index is -3.88. The van der Waals surface area contributed by atoms with E-state index in [1.54, 1.807) is 12.1 Å². The van der Waals surface area contributed by atoms with Crippen LogP contribution in [0.15, 0.2) is 41.3 Å². The van der Waals surface area contributed by atoms with Gasteiger partial charge in [-0.05, 0) is 37.5 Å². The van der Waals surface area contributed by atoms with E-state index in [0.717, 1.165) is 5.39 Å². The molecule has 2 rings (SSSR count). The van der Waals surface area contributed by atoms with E-state index in [1.165, 1.54) is 24.3 Å². The molecule has 83 valence electrons. The van der Waals surface area contributed by atoms with Crippen molar-refractivity contribution >= 4 is 21.3 Å². The quantitative estimate of drug-likeness (QED) is 0.614. The van der Waals surface area contributed by atoms with Crippen LogP contribution < -0.4 is 5.90 Å². The Morgan fingerprint density at radius 1 is 1.12 bits per heavy atom. The lowest BCUT2D eigenvalue weighted by atomic mass is 10.1. The predicted molar refractivity (Wildman–Crippen MR) is 57.9 cm³/mol. The summed E-state index contributed by atoms with van der Waals surface area (Å²) < 4.78 is 26.5. The van der Waals surface area contributed by atoms with E-state index in [1.807, 2.05) is 0 Å². The summed E-state index contributed by atoms with van der Waals surface area (Å²) in [5.41, 5.74) is 0. The first-order valence-electron chi connectivity index (χ1n) is 4.39. The highest BCUT2D eigenvalue weighted by molar-refractivity contribution is 7.93. The lowest BCUT2D eigenvalue weighted by Crippen LogP contribution is -2.16. The summed E-state index contributed by atoms with van der Waals surface area (Å²) in [5.74, 6) is 4.80. The summed E-state index contributed by atoms with van der Waals surface area (Å²) in [5, 5.41) is 10.7. The number of hydrogen-bond acceptors (Lipinski definition) is 4. The Hall–Kier alpha value is -1.47. The van der Waals surface area contributed by atoms with Crippen LogP contribution >= 0.6 is 0 Å². The second-order valence-electron chi connectivity index (χ2n) is 3.24. The smallest absolute Gasteiger partial charge is 0.447 e. The van der Waals surface area contributed by atoms with Crippen molar-refractivity contribution in [1.82, 2.24) is 0 Å². The molecule has 0 aliphatic heterocycles. The third-order valence-electron chi connectivity index (χ3n) is 2.21. The zero-order chi connectivity index (χ0) is 11.8. The average molecular weight is 239 g/mol. The molecule has 6 heteroatoms. The molecule has 0 aromatic heterocycles. The van der Waals surface area contributed by atoms with Crippen molar-refractivity contribution in [3.63, 3.8) is 0 Å². The maximum absolute atomic E-state index is 11.3. The molecular weight excluding hydrogens is 230 g/mol. The van der Waals surface area contributed by atoms with Gasteiger partial charge in [0.05, 0.1) is 4.55 Å². The Bertz CT molecular complexity index is 584. The third-order valence-corrected chi connectivity index (χ3v) is 3.30. The number of phenols is 1. The van der Waals surface area contributed by atoms with Gasteiger partial charge >= 0.3 is 10.5 Å². The molecule has 1 radical (unpaired) electrons. The van der Waals surface area contributed by atoms with Crippen molar-refractivity contribution in [2.75, 3.05) is 0 Å². The van der Waals surface area contributed by atoms with Gasteiger partial charge in [-0.2, -0.15) is 5.90 Å². The fourth-order valence-electron chi connectivity index (χ4n) is 1.42. The molecule has 0 saturated heterocycles. The van der Waals surface area contributed by atoms with Gasteiger partial charge in [0.2, 0.25) is 4.90 Å². The molecule has 0 bridgehead atoms. The minimum Gasteiger partial charge on any atom is -0.508 e. The van der Waals surface area contributed by atoms with Gasteiger partial charge in [-0.3, -0.25) is 0 Å². The number of fused-ring (bicyclic) bond motifs is 1. The molecule has 16 heavy (non-hydrogen) atoms. The largest absolute Gasteiger partial charge is 0.508 e.